The molecule has 1 aromatic carbocycles. The van der Waals surface area contributed by atoms with Gasteiger partial charge in [-0.05, 0) is 36.6 Å². The van der Waals surface area contributed by atoms with Crippen molar-refractivity contribution in [2.45, 2.75) is 44.1 Å². The average molecular weight is 313 g/mol. The van der Waals surface area contributed by atoms with E-state index < -0.39 is 5.60 Å². The van der Waals surface area contributed by atoms with Crippen LogP contribution < -0.4 is 5.32 Å². The molecule has 23 heavy (non-hydrogen) atoms. The second-order valence-electron chi connectivity index (χ2n) is 6.36. The van der Waals surface area contributed by atoms with Crippen LogP contribution in [-0.2, 0) is 11.2 Å². The highest BCUT2D eigenvalue weighted by Crippen LogP contribution is 2.27. The Bertz CT molecular complexity index is 629. The summed E-state index contributed by atoms with van der Waals surface area (Å²) in [5, 5.41) is 17.5. The molecule has 1 fully saturated rings. The van der Waals surface area contributed by atoms with Gasteiger partial charge in [0, 0.05) is 18.9 Å². The molecule has 0 aliphatic heterocycles. The predicted molar refractivity (Wildman–Crippen MR) is 88.3 cm³/mol. The minimum absolute atomic E-state index is 0.0455. The quantitative estimate of drug-likeness (QED) is 0.889. The minimum Gasteiger partial charge on any atom is -0.388 e. The van der Waals surface area contributed by atoms with Crippen molar-refractivity contribution in [1.82, 2.24) is 15.1 Å². The van der Waals surface area contributed by atoms with Crippen molar-refractivity contribution < 1.29 is 9.90 Å². The number of benzene rings is 1. The van der Waals surface area contributed by atoms with Gasteiger partial charge in [0.25, 0.3) is 0 Å². The zero-order chi connectivity index (χ0) is 16.1. The number of aromatic nitrogens is 2. The molecule has 1 aliphatic carbocycles. The predicted octanol–water partition coefficient (Wildman–Crippen LogP) is 2.23. The Hall–Kier alpha value is -2.14. The largest absolute Gasteiger partial charge is 0.388 e. The normalized spacial score (nSPS) is 16.9. The average Bonchev–Trinajstić information content (AvgIpc) is 3.09. The van der Waals surface area contributed by atoms with Crippen LogP contribution in [0, 0.1) is 0 Å². The Balaban J connectivity index is 1.51. The lowest BCUT2D eigenvalue weighted by Gasteiger charge is -2.32. The van der Waals surface area contributed by atoms with Gasteiger partial charge in [0.15, 0.2) is 0 Å². The van der Waals surface area contributed by atoms with Crippen molar-refractivity contribution in [1.29, 1.82) is 0 Å². The van der Waals surface area contributed by atoms with Crippen molar-refractivity contribution in [3.8, 4) is 5.69 Å². The summed E-state index contributed by atoms with van der Waals surface area (Å²) in [6.45, 7) is 0.358. The Kier molecular flexibility index (Phi) is 4.76. The maximum atomic E-state index is 12.1. The molecular formula is C18H23N3O2. The Labute approximate surface area is 136 Å². The van der Waals surface area contributed by atoms with Gasteiger partial charge >= 0.3 is 0 Å². The van der Waals surface area contributed by atoms with Crippen LogP contribution in [0.5, 0.6) is 0 Å². The van der Waals surface area contributed by atoms with Crippen LogP contribution in [0.25, 0.3) is 5.69 Å². The Morgan fingerprint density at radius 2 is 1.96 bits per heavy atom. The summed E-state index contributed by atoms with van der Waals surface area (Å²) in [5.74, 6) is -0.0455. The number of nitrogens with zero attached hydrogens (tertiary/aromatic N) is 2. The summed E-state index contributed by atoms with van der Waals surface area (Å²) >= 11 is 0. The molecule has 0 bridgehead atoms. The Morgan fingerprint density at radius 3 is 2.61 bits per heavy atom. The summed E-state index contributed by atoms with van der Waals surface area (Å²) in [5.41, 5.74) is 1.21. The summed E-state index contributed by atoms with van der Waals surface area (Å²) in [6.07, 6.45) is 8.78. The van der Waals surface area contributed by atoms with Gasteiger partial charge in [-0.1, -0.05) is 31.4 Å². The number of aliphatic hydroxyl groups is 1. The number of hydrogen-bond donors (Lipinski definition) is 2. The van der Waals surface area contributed by atoms with E-state index >= 15 is 0 Å². The molecule has 2 N–H and O–H groups in total. The smallest absolute Gasteiger partial charge is 0.224 e. The van der Waals surface area contributed by atoms with Gasteiger partial charge in [-0.3, -0.25) is 4.79 Å². The molecule has 1 aromatic heterocycles. The van der Waals surface area contributed by atoms with Crippen LogP contribution in [0.3, 0.4) is 0 Å². The first-order chi connectivity index (χ1) is 11.1. The molecule has 5 nitrogen and oxygen atoms in total. The van der Waals surface area contributed by atoms with E-state index in [0.717, 1.165) is 36.9 Å². The fraction of sp³-hybridized carbons (Fsp3) is 0.444. The number of hydrogen-bond acceptors (Lipinski definition) is 3. The molecule has 5 heteroatoms. The second-order valence-corrected chi connectivity index (χ2v) is 6.36. The highest BCUT2D eigenvalue weighted by Gasteiger charge is 2.29. The lowest BCUT2D eigenvalue weighted by Crippen LogP contribution is -2.44. The molecule has 0 radical (unpaired) electrons. The lowest BCUT2D eigenvalue weighted by atomic mass is 9.85. The summed E-state index contributed by atoms with van der Waals surface area (Å²) in [4.78, 5) is 12.1. The molecule has 1 aliphatic rings. The summed E-state index contributed by atoms with van der Waals surface area (Å²) < 4.78 is 1.78. The molecule has 2 aromatic rings. The van der Waals surface area contributed by atoms with Crippen LogP contribution in [0.4, 0.5) is 0 Å². The molecule has 1 amide bonds. The van der Waals surface area contributed by atoms with Gasteiger partial charge in [0.1, 0.15) is 0 Å². The maximum Gasteiger partial charge on any atom is 0.224 e. The van der Waals surface area contributed by atoms with E-state index in [1.807, 2.05) is 36.5 Å². The highest BCUT2D eigenvalue weighted by molar-refractivity contribution is 5.78. The monoisotopic (exact) mass is 313 g/mol. The Morgan fingerprint density at radius 1 is 1.22 bits per heavy atom. The zero-order valence-corrected chi connectivity index (χ0v) is 13.2. The van der Waals surface area contributed by atoms with Gasteiger partial charge in [0.2, 0.25) is 5.91 Å². The van der Waals surface area contributed by atoms with Crippen molar-refractivity contribution >= 4 is 5.91 Å². The van der Waals surface area contributed by atoms with Crippen LogP contribution >= 0.6 is 0 Å². The van der Waals surface area contributed by atoms with E-state index in [1.54, 1.807) is 10.9 Å². The number of amides is 1. The van der Waals surface area contributed by atoms with E-state index in [4.69, 9.17) is 0 Å². The van der Waals surface area contributed by atoms with E-state index in [1.165, 1.54) is 6.42 Å². The molecular weight excluding hydrogens is 290 g/mol. The molecule has 0 atom stereocenters. The van der Waals surface area contributed by atoms with Crippen molar-refractivity contribution in [3.05, 3.63) is 48.3 Å². The fourth-order valence-corrected chi connectivity index (χ4v) is 3.09. The highest BCUT2D eigenvalue weighted by atomic mass is 16.3. The first-order valence-corrected chi connectivity index (χ1v) is 8.23. The van der Waals surface area contributed by atoms with E-state index in [-0.39, 0.29) is 5.91 Å². The second kappa shape index (κ2) is 6.96. The lowest BCUT2D eigenvalue weighted by molar-refractivity contribution is -0.122. The van der Waals surface area contributed by atoms with E-state index in [2.05, 4.69) is 10.4 Å². The molecule has 3 rings (SSSR count). The van der Waals surface area contributed by atoms with Gasteiger partial charge < -0.3 is 10.4 Å². The fourth-order valence-electron chi connectivity index (χ4n) is 3.09. The van der Waals surface area contributed by atoms with E-state index in [9.17, 15) is 9.90 Å². The van der Waals surface area contributed by atoms with Gasteiger partial charge in [-0.25, -0.2) is 4.68 Å². The van der Waals surface area contributed by atoms with Gasteiger partial charge in [-0.15, -0.1) is 0 Å². The van der Waals surface area contributed by atoms with Crippen molar-refractivity contribution in [2.24, 2.45) is 0 Å². The molecule has 0 unspecified atom stereocenters. The van der Waals surface area contributed by atoms with Gasteiger partial charge in [-0.2, -0.15) is 5.10 Å². The zero-order valence-electron chi connectivity index (χ0n) is 13.2. The number of carbonyl (C=O) groups excluding carboxylic acids is 1. The minimum atomic E-state index is -0.710. The number of rotatable bonds is 5. The summed E-state index contributed by atoms with van der Waals surface area (Å²) in [7, 11) is 0. The number of nitrogens with one attached hydrogen (secondary N) is 1. The molecule has 1 saturated carbocycles. The first kappa shape index (κ1) is 15.7. The number of carbonyl (C=O) groups is 1. The topological polar surface area (TPSA) is 67.2 Å². The van der Waals surface area contributed by atoms with Gasteiger partial charge in [0.05, 0.1) is 17.7 Å². The standard InChI is InChI=1S/C18H23N3O2/c22-17(19-14-18(23)9-2-1-3-10-18)13-15-5-7-16(8-6-15)21-12-4-11-20-21/h4-8,11-12,23H,1-3,9-10,13-14H2,(H,19,22). The van der Waals surface area contributed by atoms with Crippen molar-refractivity contribution in [3.63, 3.8) is 0 Å². The molecule has 122 valence electrons. The van der Waals surface area contributed by atoms with Crippen LogP contribution in [-0.4, -0.2) is 32.9 Å². The molecule has 0 spiro atoms. The third-order valence-corrected chi connectivity index (χ3v) is 4.47. The first-order valence-electron chi connectivity index (χ1n) is 8.23. The third-order valence-electron chi connectivity index (χ3n) is 4.47. The third kappa shape index (κ3) is 4.20. The summed E-state index contributed by atoms with van der Waals surface area (Å²) in [6, 6.07) is 9.64. The van der Waals surface area contributed by atoms with E-state index in [0.29, 0.717) is 13.0 Å². The molecule has 1 heterocycles. The SMILES string of the molecule is O=C(Cc1ccc(-n2cccn2)cc1)NCC1(O)CCCCC1. The van der Waals surface area contributed by atoms with Crippen molar-refractivity contribution in [2.75, 3.05) is 6.54 Å². The van der Waals surface area contributed by atoms with Crippen LogP contribution in [0.2, 0.25) is 0 Å². The van der Waals surface area contributed by atoms with Crippen LogP contribution in [0.15, 0.2) is 42.7 Å². The maximum absolute atomic E-state index is 12.1. The van der Waals surface area contributed by atoms with Crippen LogP contribution in [0.1, 0.15) is 37.7 Å². The molecule has 0 saturated heterocycles.